The standard InChI is InChI=1S/C56H105NO5/c1-3-5-7-9-11-13-29-34-38-42-46-50-56(61)62-51-47-43-39-35-31-28-26-24-22-20-18-16-14-15-17-19-21-23-25-27-30-33-37-41-45-49-55(60)57-53(52-58)54(59)48-44-40-36-32-12-10-8-6-4-2/h9,11,15,17,44,48,53-54,58-59H,3-8,10,12-14,16,18-43,45-47,49-52H2,1-2H3,(H,57,60)/b11-9-,17-15-,48-44+. The third-order valence-corrected chi connectivity index (χ3v) is 12.4. The van der Waals surface area contributed by atoms with Gasteiger partial charge in [0, 0.05) is 12.8 Å². The van der Waals surface area contributed by atoms with Gasteiger partial charge in [0.25, 0.3) is 0 Å². The summed E-state index contributed by atoms with van der Waals surface area (Å²) < 4.78 is 5.45. The van der Waals surface area contributed by atoms with Crippen LogP contribution in [0, 0.1) is 0 Å². The molecular weight excluding hydrogens is 767 g/mol. The number of ether oxygens (including phenoxy) is 1. The molecule has 6 heteroatoms. The van der Waals surface area contributed by atoms with E-state index in [0.717, 1.165) is 44.9 Å². The molecule has 0 spiro atoms. The van der Waals surface area contributed by atoms with Crippen molar-refractivity contribution in [3.05, 3.63) is 36.5 Å². The molecule has 0 aromatic carbocycles. The van der Waals surface area contributed by atoms with Crippen molar-refractivity contribution >= 4 is 11.9 Å². The maximum Gasteiger partial charge on any atom is 0.305 e. The van der Waals surface area contributed by atoms with E-state index in [1.54, 1.807) is 6.08 Å². The average molecular weight is 872 g/mol. The van der Waals surface area contributed by atoms with Gasteiger partial charge >= 0.3 is 5.97 Å². The second-order valence-corrected chi connectivity index (χ2v) is 18.5. The molecule has 0 saturated carbocycles. The summed E-state index contributed by atoms with van der Waals surface area (Å²) in [4.78, 5) is 24.3. The van der Waals surface area contributed by atoms with Crippen LogP contribution in [0.25, 0.3) is 0 Å². The minimum absolute atomic E-state index is 0.00118. The van der Waals surface area contributed by atoms with Gasteiger partial charge in [-0.3, -0.25) is 9.59 Å². The topological polar surface area (TPSA) is 95.9 Å². The SMILES string of the molecule is CCCC/C=C\CCCCCCCC(=O)OCCCCCCCCCCCCCC/C=C\CCCCCCCCCCCC(=O)NC(CO)C(O)/C=C/CCCCCCCCC. The zero-order chi connectivity index (χ0) is 45.1. The van der Waals surface area contributed by atoms with Crippen LogP contribution in [0.3, 0.4) is 0 Å². The average Bonchev–Trinajstić information content (AvgIpc) is 3.27. The van der Waals surface area contributed by atoms with Crippen LogP contribution in [0.1, 0.15) is 284 Å². The highest BCUT2D eigenvalue weighted by molar-refractivity contribution is 5.76. The van der Waals surface area contributed by atoms with Gasteiger partial charge in [-0.1, -0.05) is 230 Å². The van der Waals surface area contributed by atoms with Crippen LogP contribution in [0.4, 0.5) is 0 Å². The van der Waals surface area contributed by atoms with Gasteiger partial charge in [-0.25, -0.2) is 0 Å². The number of hydrogen-bond donors (Lipinski definition) is 3. The van der Waals surface area contributed by atoms with Gasteiger partial charge in [-0.2, -0.15) is 0 Å². The molecule has 0 radical (unpaired) electrons. The molecule has 1 amide bonds. The number of aliphatic hydroxyl groups is 2. The van der Waals surface area contributed by atoms with Gasteiger partial charge in [0.05, 0.1) is 25.4 Å². The number of carbonyl (C=O) groups excluding carboxylic acids is 2. The summed E-state index contributed by atoms with van der Waals surface area (Å²) in [5, 5.41) is 22.9. The van der Waals surface area contributed by atoms with E-state index in [9.17, 15) is 19.8 Å². The van der Waals surface area contributed by atoms with Crippen molar-refractivity contribution in [3.8, 4) is 0 Å². The highest BCUT2D eigenvalue weighted by Gasteiger charge is 2.18. The van der Waals surface area contributed by atoms with Gasteiger partial charge in [0.2, 0.25) is 5.91 Å². The molecule has 0 heterocycles. The van der Waals surface area contributed by atoms with E-state index >= 15 is 0 Å². The molecule has 2 atom stereocenters. The van der Waals surface area contributed by atoms with Crippen molar-refractivity contribution in [2.45, 2.75) is 296 Å². The number of unbranched alkanes of at least 4 members (excludes halogenated alkanes) is 35. The molecule has 0 aliphatic rings. The molecule has 0 aliphatic heterocycles. The Bertz CT molecular complexity index is 1010. The molecule has 6 nitrogen and oxygen atoms in total. The van der Waals surface area contributed by atoms with Gasteiger partial charge in [0.1, 0.15) is 0 Å². The fourth-order valence-electron chi connectivity index (χ4n) is 8.14. The lowest BCUT2D eigenvalue weighted by atomic mass is 10.0. The van der Waals surface area contributed by atoms with Crippen LogP contribution < -0.4 is 5.32 Å². The first-order valence-corrected chi connectivity index (χ1v) is 27.3. The molecule has 0 saturated heterocycles. The predicted octanol–water partition coefficient (Wildman–Crippen LogP) is 16.5. The maximum atomic E-state index is 12.4. The smallest absolute Gasteiger partial charge is 0.305 e. The second kappa shape index (κ2) is 51.7. The van der Waals surface area contributed by atoms with E-state index in [-0.39, 0.29) is 18.5 Å². The number of carbonyl (C=O) groups is 2. The number of hydrogen-bond acceptors (Lipinski definition) is 5. The summed E-state index contributed by atoms with van der Waals surface area (Å²) in [6.07, 6.45) is 63.2. The van der Waals surface area contributed by atoms with E-state index in [1.807, 2.05) is 6.08 Å². The van der Waals surface area contributed by atoms with E-state index < -0.39 is 12.1 Å². The third-order valence-electron chi connectivity index (χ3n) is 12.4. The van der Waals surface area contributed by atoms with Gasteiger partial charge in [-0.15, -0.1) is 0 Å². The Morgan fingerprint density at radius 3 is 1.19 bits per heavy atom. The van der Waals surface area contributed by atoms with Crippen LogP contribution in [0.2, 0.25) is 0 Å². The first-order valence-electron chi connectivity index (χ1n) is 27.3. The fraction of sp³-hybridized carbons (Fsp3) is 0.857. The zero-order valence-corrected chi connectivity index (χ0v) is 41.4. The van der Waals surface area contributed by atoms with Crippen LogP contribution in [-0.4, -0.2) is 47.4 Å². The highest BCUT2D eigenvalue weighted by Crippen LogP contribution is 2.16. The summed E-state index contributed by atoms with van der Waals surface area (Å²) in [5.74, 6) is -0.0731. The summed E-state index contributed by atoms with van der Waals surface area (Å²) in [7, 11) is 0. The molecule has 0 fully saturated rings. The Morgan fingerprint density at radius 2 is 0.774 bits per heavy atom. The lowest BCUT2D eigenvalue weighted by Gasteiger charge is -2.20. The summed E-state index contributed by atoms with van der Waals surface area (Å²) in [6, 6.07) is -0.628. The minimum Gasteiger partial charge on any atom is -0.466 e. The van der Waals surface area contributed by atoms with E-state index in [2.05, 4.69) is 43.5 Å². The Kier molecular flexibility index (Phi) is 50.1. The van der Waals surface area contributed by atoms with E-state index in [4.69, 9.17) is 4.74 Å². The summed E-state index contributed by atoms with van der Waals surface area (Å²) >= 11 is 0. The molecule has 62 heavy (non-hydrogen) atoms. The molecule has 364 valence electrons. The number of esters is 1. The van der Waals surface area contributed by atoms with Crippen LogP contribution in [0.5, 0.6) is 0 Å². The maximum absolute atomic E-state index is 12.4. The third kappa shape index (κ3) is 47.6. The minimum atomic E-state index is -0.844. The Hall–Kier alpha value is -1.92. The first kappa shape index (κ1) is 60.1. The molecule has 0 bridgehead atoms. The monoisotopic (exact) mass is 872 g/mol. The normalized spacial score (nSPS) is 12.9. The highest BCUT2D eigenvalue weighted by atomic mass is 16.5. The molecule has 3 N–H and O–H groups in total. The quantitative estimate of drug-likeness (QED) is 0.0321. The van der Waals surface area contributed by atoms with E-state index in [1.165, 1.54) is 212 Å². The number of rotatable bonds is 50. The molecule has 2 unspecified atom stereocenters. The largest absolute Gasteiger partial charge is 0.466 e. The van der Waals surface area contributed by atoms with E-state index in [0.29, 0.717) is 19.4 Å². The molecular formula is C56H105NO5. The van der Waals surface area contributed by atoms with Crippen LogP contribution >= 0.6 is 0 Å². The van der Waals surface area contributed by atoms with Crippen molar-refractivity contribution in [1.29, 1.82) is 0 Å². The first-order chi connectivity index (χ1) is 30.5. The van der Waals surface area contributed by atoms with Crippen molar-refractivity contribution in [3.63, 3.8) is 0 Å². The number of nitrogens with one attached hydrogen (secondary N) is 1. The molecule has 0 aromatic rings. The Balaban J connectivity index is 3.40. The van der Waals surface area contributed by atoms with Crippen molar-refractivity contribution < 1.29 is 24.5 Å². The fourth-order valence-corrected chi connectivity index (χ4v) is 8.14. The molecule has 0 rings (SSSR count). The lowest BCUT2D eigenvalue weighted by Crippen LogP contribution is -2.45. The van der Waals surface area contributed by atoms with Crippen molar-refractivity contribution in [2.24, 2.45) is 0 Å². The lowest BCUT2D eigenvalue weighted by molar-refractivity contribution is -0.143. The van der Waals surface area contributed by atoms with Crippen molar-refractivity contribution in [2.75, 3.05) is 13.2 Å². The Labute approximate surface area is 385 Å². The second-order valence-electron chi connectivity index (χ2n) is 18.5. The van der Waals surface area contributed by atoms with Crippen LogP contribution in [-0.2, 0) is 14.3 Å². The number of amides is 1. The van der Waals surface area contributed by atoms with Gasteiger partial charge in [0.15, 0.2) is 0 Å². The van der Waals surface area contributed by atoms with Gasteiger partial charge in [-0.05, 0) is 77.0 Å². The Morgan fingerprint density at radius 1 is 0.435 bits per heavy atom. The summed E-state index contributed by atoms with van der Waals surface area (Å²) in [5.41, 5.74) is 0. The molecule has 0 aliphatic carbocycles. The predicted molar refractivity (Wildman–Crippen MR) is 269 cm³/mol. The van der Waals surface area contributed by atoms with Crippen molar-refractivity contribution in [1.82, 2.24) is 5.32 Å². The van der Waals surface area contributed by atoms with Crippen LogP contribution in [0.15, 0.2) is 36.5 Å². The van der Waals surface area contributed by atoms with Gasteiger partial charge < -0.3 is 20.3 Å². The number of allylic oxidation sites excluding steroid dienone is 5. The molecule has 0 aromatic heterocycles. The number of aliphatic hydroxyl groups excluding tert-OH is 2. The summed E-state index contributed by atoms with van der Waals surface area (Å²) in [6.45, 7) is 4.83. The zero-order valence-electron chi connectivity index (χ0n) is 41.4.